The van der Waals surface area contributed by atoms with Crippen molar-refractivity contribution in [2.75, 3.05) is 40.0 Å². The van der Waals surface area contributed by atoms with Gasteiger partial charge >= 0.3 is 5.97 Å². The van der Waals surface area contributed by atoms with E-state index in [1.807, 2.05) is 6.92 Å². The average molecular weight is 443 g/mol. The second-order valence-electron chi connectivity index (χ2n) is 4.98. The van der Waals surface area contributed by atoms with Gasteiger partial charge in [-0.2, -0.15) is 0 Å². The molecule has 2 N–H and O–H groups in total. The van der Waals surface area contributed by atoms with Gasteiger partial charge in [-0.25, -0.2) is 0 Å². The van der Waals surface area contributed by atoms with Crippen molar-refractivity contribution >= 4 is 35.9 Å². The van der Waals surface area contributed by atoms with Gasteiger partial charge in [-0.05, 0) is 39.5 Å². The zero-order valence-electron chi connectivity index (χ0n) is 14.9. The number of carbonyl (C=O) groups is 1. The number of hydrogen-bond donors (Lipinski definition) is 2. The van der Waals surface area contributed by atoms with E-state index in [1.54, 1.807) is 0 Å². The van der Waals surface area contributed by atoms with E-state index in [9.17, 15) is 4.79 Å². The first-order chi connectivity index (χ1) is 10.7. The largest absolute Gasteiger partial charge is 0.469 e. The first kappa shape index (κ1) is 24.7. The van der Waals surface area contributed by atoms with Crippen molar-refractivity contribution in [2.45, 2.75) is 52.4 Å². The van der Waals surface area contributed by atoms with E-state index in [-0.39, 0.29) is 29.9 Å². The molecule has 0 fully saturated rings. The third kappa shape index (κ3) is 17.6. The number of unbranched alkanes of at least 4 members (excludes halogenated alkanes) is 3. The normalized spacial score (nSPS) is 10.8. The van der Waals surface area contributed by atoms with Crippen LogP contribution in [0.15, 0.2) is 4.99 Å². The molecule has 0 amide bonds. The van der Waals surface area contributed by atoms with E-state index in [2.05, 4.69) is 27.3 Å². The number of nitrogens with one attached hydrogen (secondary N) is 2. The average Bonchev–Trinajstić information content (AvgIpc) is 2.53. The smallest absolute Gasteiger partial charge is 0.305 e. The second kappa shape index (κ2) is 19.5. The lowest BCUT2D eigenvalue weighted by Crippen LogP contribution is -2.37. The van der Waals surface area contributed by atoms with Crippen molar-refractivity contribution < 1.29 is 14.3 Å². The number of guanidine groups is 1. The molecule has 0 aromatic rings. The van der Waals surface area contributed by atoms with E-state index in [0.717, 1.165) is 70.9 Å². The van der Waals surface area contributed by atoms with E-state index >= 15 is 0 Å². The Balaban J connectivity index is 0. The van der Waals surface area contributed by atoms with Crippen molar-refractivity contribution in [3.8, 4) is 0 Å². The summed E-state index contributed by atoms with van der Waals surface area (Å²) in [6.45, 7) is 8.21. The van der Waals surface area contributed by atoms with Gasteiger partial charge < -0.3 is 20.1 Å². The van der Waals surface area contributed by atoms with Crippen LogP contribution in [0.1, 0.15) is 52.4 Å². The molecule has 0 bridgehead atoms. The molecule has 0 aliphatic heterocycles. The van der Waals surface area contributed by atoms with Gasteiger partial charge in [-0.3, -0.25) is 9.79 Å². The van der Waals surface area contributed by atoms with Crippen molar-refractivity contribution in [1.29, 1.82) is 0 Å². The molecule has 0 atom stereocenters. The maximum Gasteiger partial charge on any atom is 0.305 e. The lowest BCUT2D eigenvalue weighted by molar-refractivity contribution is -0.140. The van der Waals surface area contributed by atoms with Crippen LogP contribution in [0.5, 0.6) is 0 Å². The standard InChI is InChI=1S/C16H33N3O3.HI/c1-4-17-16(19-13-9-10-14-22-5-2)18-12-8-6-7-11-15(20)21-3;/h4-14H2,1-3H3,(H2,17,18,19);1H. The predicted molar refractivity (Wildman–Crippen MR) is 106 cm³/mol. The molecule has 0 aromatic carbocycles. The lowest BCUT2D eigenvalue weighted by Gasteiger charge is -2.11. The van der Waals surface area contributed by atoms with Gasteiger partial charge in [0.15, 0.2) is 5.96 Å². The van der Waals surface area contributed by atoms with E-state index in [1.165, 1.54) is 7.11 Å². The molecule has 6 nitrogen and oxygen atoms in total. The third-order valence-electron chi connectivity index (χ3n) is 3.09. The van der Waals surface area contributed by atoms with E-state index in [0.29, 0.717) is 6.42 Å². The monoisotopic (exact) mass is 443 g/mol. The highest BCUT2D eigenvalue weighted by Crippen LogP contribution is 2.01. The molecule has 0 aromatic heterocycles. The first-order valence-corrected chi connectivity index (χ1v) is 8.41. The molecule has 0 spiro atoms. The zero-order chi connectivity index (χ0) is 16.5. The minimum absolute atomic E-state index is 0. The zero-order valence-corrected chi connectivity index (χ0v) is 17.2. The molecular weight excluding hydrogens is 409 g/mol. The van der Waals surface area contributed by atoms with Crippen LogP contribution < -0.4 is 10.6 Å². The topological polar surface area (TPSA) is 72.0 Å². The highest BCUT2D eigenvalue weighted by Gasteiger charge is 1.99. The fraction of sp³-hybridized carbons (Fsp3) is 0.875. The number of hydrogen-bond acceptors (Lipinski definition) is 4. The fourth-order valence-corrected chi connectivity index (χ4v) is 1.87. The maximum absolute atomic E-state index is 11.0. The summed E-state index contributed by atoms with van der Waals surface area (Å²) in [5, 5.41) is 6.56. The summed E-state index contributed by atoms with van der Waals surface area (Å²) in [5.41, 5.74) is 0. The number of halogens is 1. The Labute approximate surface area is 158 Å². The molecule has 0 unspecified atom stereocenters. The molecule has 0 rings (SSSR count). The number of ether oxygens (including phenoxy) is 2. The summed E-state index contributed by atoms with van der Waals surface area (Å²) in [7, 11) is 1.43. The Bertz CT molecular complexity index is 302. The second-order valence-corrected chi connectivity index (χ2v) is 4.98. The van der Waals surface area contributed by atoms with Crippen LogP contribution in [-0.2, 0) is 14.3 Å². The lowest BCUT2D eigenvalue weighted by atomic mass is 10.2. The van der Waals surface area contributed by atoms with Gasteiger partial charge in [-0.1, -0.05) is 6.42 Å². The Morgan fingerprint density at radius 3 is 2.48 bits per heavy atom. The number of nitrogens with zero attached hydrogens (tertiary/aromatic N) is 1. The van der Waals surface area contributed by atoms with Gasteiger partial charge in [0.25, 0.3) is 0 Å². The quantitative estimate of drug-likeness (QED) is 0.151. The minimum Gasteiger partial charge on any atom is -0.469 e. The molecule has 0 saturated carbocycles. The van der Waals surface area contributed by atoms with Crippen molar-refractivity contribution in [3.63, 3.8) is 0 Å². The van der Waals surface area contributed by atoms with Gasteiger partial charge in [-0.15, -0.1) is 24.0 Å². The van der Waals surface area contributed by atoms with Crippen LogP contribution in [0.25, 0.3) is 0 Å². The predicted octanol–water partition coefficient (Wildman–Crippen LogP) is 2.71. The molecule has 7 heteroatoms. The van der Waals surface area contributed by atoms with E-state index < -0.39 is 0 Å². The van der Waals surface area contributed by atoms with Gasteiger partial charge in [0.2, 0.25) is 0 Å². The van der Waals surface area contributed by atoms with Crippen molar-refractivity contribution in [1.82, 2.24) is 10.6 Å². The summed E-state index contributed by atoms with van der Waals surface area (Å²) < 4.78 is 9.92. The molecule has 0 heterocycles. The molecule has 0 aliphatic carbocycles. The van der Waals surface area contributed by atoms with Crippen LogP contribution >= 0.6 is 24.0 Å². The molecule has 0 saturated heterocycles. The number of methoxy groups -OCH3 is 1. The van der Waals surface area contributed by atoms with Crippen LogP contribution in [0.3, 0.4) is 0 Å². The maximum atomic E-state index is 11.0. The minimum atomic E-state index is -0.134. The van der Waals surface area contributed by atoms with Crippen LogP contribution in [-0.4, -0.2) is 51.9 Å². The van der Waals surface area contributed by atoms with Gasteiger partial charge in [0.1, 0.15) is 0 Å². The van der Waals surface area contributed by atoms with E-state index in [4.69, 9.17) is 4.74 Å². The number of rotatable bonds is 13. The summed E-state index contributed by atoms with van der Waals surface area (Å²) >= 11 is 0. The third-order valence-corrected chi connectivity index (χ3v) is 3.09. The SMILES string of the molecule is CCNC(=NCCCCCC(=O)OC)NCCCCOCC.I. The molecule has 0 aliphatic rings. The molecular formula is C16H34IN3O3. The highest BCUT2D eigenvalue weighted by molar-refractivity contribution is 14.0. The van der Waals surface area contributed by atoms with Crippen molar-refractivity contribution in [2.24, 2.45) is 4.99 Å². The number of esters is 1. The molecule has 0 radical (unpaired) electrons. The number of carbonyl (C=O) groups excluding carboxylic acids is 1. The van der Waals surface area contributed by atoms with Crippen LogP contribution in [0.2, 0.25) is 0 Å². The van der Waals surface area contributed by atoms with Crippen LogP contribution in [0, 0.1) is 0 Å². The summed E-state index contributed by atoms with van der Waals surface area (Å²) in [4.78, 5) is 15.5. The van der Waals surface area contributed by atoms with Crippen molar-refractivity contribution in [3.05, 3.63) is 0 Å². The van der Waals surface area contributed by atoms with Crippen LogP contribution in [0.4, 0.5) is 0 Å². The summed E-state index contributed by atoms with van der Waals surface area (Å²) in [5.74, 6) is 0.734. The molecule has 23 heavy (non-hydrogen) atoms. The Hall–Kier alpha value is -0.570. The Morgan fingerprint density at radius 2 is 1.83 bits per heavy atom. The number of aliphatic imine (C=N–C) groups is 1. The summed E-state index contributed by atoms with van der Waals surface area (Å²) in [6.07, 6.45) is 5.48. The first-order valence-electron chi connectivity index (χ1n) is 8.41. The van der Waals surface area contributed by atoms with Gasteiger partial charge in [0, 0.05) is 39.3 Å². The fourth-order valence-electron chi connectivity index (χ4n) is 1.87. The Kier molecular flexibility index (Phi) is 20.9. The van der Waals surface area contributed by atoms with Gasteiger partial charge in [0.05, 0.1) is 7.11 Å². The summed E-state index contributed by atoms with van der Waals surface area (Å²) in [6, 6.07) is 0. The Morgan fingerprint density at radius 1 is 1.04 bits per heavy atom. The highest BCUT2D eigenvalue weighted by atomic mass is 127. The molecule has 138 valence electrons.